The number of hydrogen-bond acceptors (Lipinski definition) is 6. The van der Waals surface area contributed by atoms with Gasteiger partial charge in [0.05, 0.1) is 29.5 Å². The van der Waals surface area contributed by atoms with Gasteiger partial charge in [0.2, 0.25) is 5.95 Å². The van der Waals surface area contributed by atoms with Crippen molar-refractivity contribution < 1.29 is 0 Å². The smallest absolute Gasteiger partial charge is 0.227 e. The second kappa shape index (κ2) is 7.35. The Hall–Kier alpha value is -4.33. The normalized spacial score (nSPS) is 10.8. The van der Waals surface area contributed by atoms with E-state index in [2.05, 4.69) is 41.9 Å². The van der Waals surface area contributed by atoms with E-state index in [1.165, 1.54) is 0 Å². The fourth-order valence-electron chi connectivity index (χ4n) is 3.01. The summed E-state index contributed by atoms with van der Waals surface area (Å²) >= 11 is 0. The number of rotatable bonds is 5. The van der Waals surface area contributed by atoms with Crippen molar-refractivity contribution in [2.24, 2.45) is 0 Å². The molecule has 2 aromatic carbocycles. The zero-order chi connectivity index (χ0) is 19.5. The maximum Gasteiger partial charge on any atom is 0.227 e. The SMILES string of the molecule is c1cc(-c2ccnc(Nc3ccc(-n4ccnn4)cc3)n2)cc(-c2ccn[nH]2)c1. The summed E-state index contributed by atoms with van der Waals surface area (Å²) in [5, 5.41) is 18.1. The molecule has 8 heteroatoms. The van der Waals surface area contributed by atoms with Crippen molar-refractivity contribution in [3.05, 3.63) is 85.5 Å². The number of benzene rings is 2. The van der Waals surface area contributed by atoms with Gasteiger partial charge in [-0.3, -0.25) is 5.10 Å². The minimum absolute atomic E-state index is 0.531. The quantitative estimate of drug-likeness (QED) is 0.481. The molecular formula is C21H16N8. The number of nitrogens with zero attached hydrogens (tertiary/aromatic N) is 6. The summed E-state index contributed by atoms with van der Waals surface area (Å²) in [6, 6.07) is 19.8. The molecule has 29 heavy (non-hydrogen) atoms. The van der Waals surface area contributed by atoms with Crippen LogP contribution >= 0.6 is 0 Å². The van der Waals surface area contributed by atoms with E-state index in [0.29, 0.717) is 5.95 Å². The van der Waals surface area contributed by atoms with Gasteiger partial charge in [-0.15, -0.1) is 5.10 Å². The van der Waals surface area contributed by atoms with Crippen molar-refractivity contribution in [1.82, 2.24) is 35.2 Å². The van der Waals surface area contributed by atoms with Gasteiger partial charge in [0.1, 0.15) is 0 Å². The van der Waals surface area contributed by atoms with Crippen molar-refractivity contribution in [2.45, 2.75) is 0 Å². The van der Waals surface area contributed by atoms with Gasteiger partial charge in [-0.05, 0) is 42.5 Å². The lowest BCUT2D eigenvalue weighted by Crippen LogP contribution is -1.99. The predicted octanol–water partition coefficient (Wildman–Crippen LogP) is 3.86. The molecular weight excluding hydrogens is 364 g/mol. The van der Waals surface area contributed by atoms with Crippen LogP contribution in [0.25, 0.3) is 28.2 Å². The molecule has 0 saturated carbocycles. The topological polar surface area (TPSA) is 97.2 Å². The monoisotopic (exact) mass is 380 g/mol. The molecule has 0 atom stereocenters. The van der Waals surface area contributed by atoms with E-state index in [4.69, 9.17) is 0 Å². The summed E-state index contributed by atoms with van der Waals surface area (Å²) in [7, 11) is 0. The number of H-pyrrole nitrogens is 1. The van der Waals surface area contributed by atoms with Gasteiger partial charge >= 0.3 is 0 Å². The number of aromatic amines is 1. The summed E-state index contributed by atoms with van der Waals surface area (Å²) in [4.78, 5) is 9.00. The maximum atomic E-state index is 4.66. The fourth-order valence-corrected chi connectivity index (χ4v) is 3.01. The summed E-state index contributed by atoms with van der Waals surface area (Å²) < 4.78 is 1.70. The first-order valence-corrected chi connectivity index (χ1v) is 9.02. The molecule has 0 fully saturated rings. The first-order valence-electron chi connectivity index (χ1n) is 9.02. The summed E-state index contributed by atoms with van der Waals surface area (Å²) in [6.07, 6.45) is 6.93. The number of anilines is 2. The third kappa shape index (κ3) is 3.59. The van der Waals surface area contributed by atoms with Crippen LogP contribution in [0.15, 0.2) is 85.5 Å². The van der Waals surface area contributed by atoms with Gasteiger partial charge in [-0.1, -0.05) is 23.4 Å². The maximum absolute atomic E-state index is 4.66. The highest BCUT2D eigenvalue weighted by Gasteiger charge is 2.06. The van der Waals surface area contributed by atoms with Crippen LogP contribution in [0.5, 0.6) is 0 Å². The second-order valence-electron chi connectivity index (χ2n) is 6.34. The van der Waals surface area contributed by atoms with Crippen LogP contribution in [-0.2, 0) is 0 Å². The third-order valence-electron chi connectivity index (χ3n) is 4.44. The van der Waals surface area contributed by atoms with Crippen LogP contribution in [0, 0.1) is 0 Å². The molecule has 0 amide bonds. The molecule has 8 nitrogen and oxygen atoms in total. The molecule has 5 rings (SSSR count). The second-order valence-corrected chi connectivity index (χ2v) is 6.34. The van der Waals surface area contributed by atoms with Crippen LogP contribution in [0.1, 0.15) is 0 Å². The van der Waals surface area contributed by atoms with Gasteiger partial charge in [-0.2, -0.15) is 5.10 Å². The lowest BCUT2D eigenvalue weighted by atomic mass is 10.1. The molecule has 0 aliphatic rings. The predicted molar refractivity (Wildman–Crippen MR) is 110 cm³/mol. The molecule has 0 bridgehead atoms. The zero-order valence-corrected chi connectivity index (χ0v) is 15.3. The molecule has 0 saturated heterocycles. The molecule has 0 spiro atoms. The summed E-state index contributed by atoms with van der Waals surface area (Å²) in [5.41, 5.74) is 5.67. The largest absolute Gasteiger partial charge is 0.324 e. The van der Waals surface area contributed by atoms with E-state index < -0.39 is 0 Å². The first kappa shape index (κ1) is 16.8. The summed E-state index contributed by atoms with van der Waals surface area (Å²) in [5.74, 6) is 0.531. The van der Waals surface area contributed by atoms with E-state index in [1.807, 2.05) is 54.6 Å². The average Bonchev–Trinajstić information content (AvgIpc) is 3.49. The highest BCUT2D eigenvalue weighted by atomic mass is 15.4. The zero-order valence-electron chi connectivity index (χ0n) is 15.3. The number of hydrogen-bond donors (Lipinski definition) is 2. The van der Waals surface area contributed by atoms with Crippen molar-refractivity contribution in [3.8, 4) is 28.2 Å². The van der Waals surface area contributed by atoms with E-state index in [-0.39, 0.29) is 0 Å². The average molecular weight is 380 g/mol. The minimum atomic E-state index is 0.531. The van der Waals surface area contributed by atoms with E-state index in [9.17, 15) is 0 Å². The molecule has 0 radical (unpaired) electrons. The van der Waals surface area contributed by atoms with Gasteiger partial charge in [-0.25, -0.2) is 14.6 Å². The standard InChI is InChI=1S/C21H16N8/c1-2-15(14-16(3-1)20-9-11-23-27-20)19-8-10-22-21(26-19)25-17-4-6-18(7-5-17)29-13-12-24-28-29/h1-14H,(H,23,27)(H,22,25,26). The lowest BCUT2D eigenvalue weighted by molar-refractivity contribution is 0.803. The first-order chi connectivity index (χ1) is 14.3. The van der Waals surface area contributed by atoms with Crippen molar-refractivity contribution in [1.29, 1.82) is 0 Å². The molecule has 0 aliphatic carbocycles. The van der Waals surface area contributed by atoms with Gasteiger partial charge in [0.15, 0.2) is 0 Å². The molecule has 2 N–H and O–H groups in total. The molecule has 3 heterocycles. The van der Waals surface area contributed by atoms with Crippen LogP contribution in [0.3, 0.4) is 0 Å². The Morgan fingerprint density at radius 2 is 1.76 bits per heavy atom. The molecule has 3 aromatic heterocycles. The Kier molecular flexibility index (Phi) is 4.26. The highest BCUT2D eigenvalue weighted by Crippen LogP contribution is 2.25. The number of nitrogens with one attached hydrogen (secondary N) is 2. The van der Waals surface area contributed by atoms with Crippen LogP contribution in [0.2, 0.25) is 0 Å². The fraction of sp³-hybridized carbons (Fsp3) is 0. The molecule has 5 aromatic rings. The molecule has 0 aliphatic heterocycles. The van der Waals surface area contributed by atoms with E-state index in [0.717, 1.165) is 33.9 Å². The van der Waals surface area contributed by atoms with Crippen LogP contribution in [-0.4, -0.2) is 35.2 Å². The van der Waals surface area contributed by atoms with Crippen LogP contribution < -0.4 is 5.32 Å². The third-order valence-corrected chi connectivity index (χ3v) is 4.44. The summed E-state index contributed by atoms with van der Waals surface area (Å²) in [6.45, 7) is 0. The number of aromatic nitrogens is 7. The Morgan fingerprint density at radius 3 is 2.55 bits per heavy atom. The van der Waals surface area contributed by atoms with Crippen molar-refractivity contribution in [2.75, 3.05) is 5.32 Å². The Bertz CT molecular complexity index is 1210. The molecule has 140 valence electrons. The Morgan fingerprint density at radius 1 is 0.862 bits per heavy atom. The van der Waals surface area contributed by atoms with Crippen LogP contribution in [0.4, 0.5) is 11.6 Å². The highest BCUT2D eigenvalue weighted by molar-refractivity contribution is 5.70. The Labute approximate surface area is 166 Å². The van der Waals surface area contributed by atoms with E-state index in [1.54, 1.807) is 29.5 Å². The molecule has 0 unspecified atom stereocenters. The van der Waals surface area contributed by atoms with Crippen molar-refractivity contribution >= 4 is 11.6 Å². The van der Waals surface area contributed by atoms with Gasteiger partial charge in [0.25, 0.3) is 0 Å². The van der Waals surface area contributed by atoms with Crippen molar-refractivity contribution in [3.63, 3.8) is 0 Å². The minimum Gasteiger partial charge on any atom is -0.324 e. The van der Waals surface area contributed by atoms with Gasteiger partial charge < -0.3 is 5.32 Å². The Balaban J connectivity index is 1.38. The van der Waals surface area contributed by atoms with E-state index >= 15 is 0 Å². The lowest BCUT2D eigenvalue weighted by Gasteiger charge is -2.08. The van der Waals surface area contributed by atoms with Gasteiger partial charge in [0, 0.05) is 29.2 Å².